The van der Waals surface area contributed by atoms with E-state index in [-0.39, 0.29) is 18.4 Å². The van der Waals surface area contributed by atoms with Gasteiger partial charge in [0.05, 0.1) is 0 Å². The Morgan fingerprint density at radius 3 is 2.72 bits per heavy atom. The van der Waals surface area contributed by atoms with Gasteiger partial charge in [-0.1, -0.05) is 13.0 Å². The molecule has 0 bridgehead atoms. The second-order valence-electron chi connectivity index (χ2n) is 4.43. The third-order valence-electron chi connectivity index (χ3n) is 3.02. The van der Waals surface area contributed by atoms with E-state index >= 15 is 0 Å². The fraction of sp³-hybridized carbons (Fsp3) is 0.583. The number of carbonyl (C=O) groups is 3. The van der Waals surface area contributed by atoms with Crippen LogP contribution in [0.4, 0.5) is 4.79 Å². The molecule has 0 aromatic carbocycles. The smallest absolute Gasteiger partial charge is 0.325 e. The average molecular weight is 253 g/mol. The lowest BCUT2D eigenvalue weighted by Gasteiger charge is -2.19. The summed E-state index contributed by atoms with van der Waals surface area (Å²) >= 11 is 0. The lowest BCUT2D eigenvalue weighted by molar-refractivity contribution is -0.134. The summed E-state index contributed by atoms with van der Waals surface area (Å²) in [6.07, 6.45) is 2.83. The van der Waals surface area contributed by atoms with Crippen LogP contribution in [0.15, 0.2) is 12.7 Å². The van der Waals surface area contributed by atoms with Crippen LogP contribution in [0.3, 0.4) is 0 Å². The van der Waals surface area contributed by atoms with Crippen molar-refractivity contribution in [1.29, 1.82) is 0 Å². The predicted molar refractivity (Wildman–Crippen MR) is 66.8 cm³/mol. The van der Waals surface area contributed by atoms with Crippen molar-refractivity contribution in [2.45, 2.75) is 32.2 Å². The van der Waals surface area contributed by atoms with Gasteiger partial charge in [-0.3, -0.25) is 14.5 Å². The lowest BCUT2D eigenvalue weighted by Crippen LogP contribution is -2.44. The van der Waals surface area contributed by atoms with Crippen LogP contribution in [0.25, 0.3) is 0 Å². The standard InChI is InChI=1S/C12H19N3O3/c1-4-6-7-13-9(16)8-15-10(17)12(3,5-2)14-11(15)18/h4H,1,5-8H2,2-3H3,(H,13,16)(H,14,18). The van der Waals surface area contributed by atoms with Crippen LogP contribution in [0.1, 0.15) is 26.7 Å². The molecule has 1 fully saturated rings. The van der Waals surface area contributed by atoms with Gasteiger partial charge in [-0.25, -0.2) is 4.79 Å². The van der Waals surface area contributed by atoms with Gasteiger partial charge >= 0.3 is 6.03 Å². The normalized spacial score (nSPS) is 22.9. The molecule has 2 N–H and O–H groups in total. The number of imide groups is 1. The molecular formula is C12H19N3O3. The average Bonchev–Trinajstić information content (AvgIpc) is 2.54. The Labute approximate surface area is 106 Å². The number of hydrogen-bond acceptors (Lipinski definition) is 3. The highest BCUT2D eigenvalue weighted by Gasteiger charge is 2.46. The number of carbonyl (C=O) groups excluding carboxylic acids is 3. The molecule has 0 saturated carbocycles. The summed E-state index contributed by atoms with van der Waals surface area (Å²) < 4.78 is 0. The van der Waals surface area contributed by atoms with Crippen LogP contribution in [0.5, 0.6) is 0 Å². The zero-order valence-electron chi connectivity index (χ0n) is 10.8. The molecule has 1 heterocycles. The summed E-state index contributed by atoms with van der Waals surface area (Å²) in [5.41, 5.74) is -0.890. The van der Waals surface area contributed by atoms with Crippen molar-refractivity contribution >= 4 is 17.8 Å². The maximum absolute atomic E-state index is 12.0. The summed E-state index contributed by atoms with van der Waals surface area (Å²) in [5, 5.41) is 5.21. The van der Waals surface area contributed by atoms with E-state index in [1.807, 2.05) is 6.92 Å². The molecule has 0 aliphatic carbocycles. The van der Waals surface area contributed by atoms with Gasteiger partial charge in [0.1, 0.15) is 12.1 Å². The summed E-state index contributed by atoms with van der Waals surface area (Å²) in [5.74, 6) is -0.699. The maximum atomic E-state index is 12.0. The fourth-order valence-corrected chi connectivity index (χ4v) is 1.64. The van der Waals surface area contributed by atoms with E-state index in [0.29, 0.717) is 19.4 Å². The molecular weight excluding hydrogens is 234 g/mol. The molecule has 0 spiro atoms. The molecule has 6 nitrogen and oxygen atoms in total. The van der Waals surface area contributed by atoms with Gasteiger partial charge in [-0.15, -0.1) is 6.58 Å². The first kappa shape index (κ1) is 14.2. The van der Waals surface area contributed by atoms with E-state index in [9.17, 15) is 14.4 Å². The third-order valence-corrected chi connectivity index (χ3v) is 3.02. The Kier molecular flexibility index (Phi) is 4.47. The topological polar surface area (TPSA) is 78.5 Å². The first-order valence-electron chi connectivity index (χ1n) is 5.96. The van der Waals surface area contributed by atoms with Crippen molar-refractivity contribution in [3.8, 4) is 0 Å². The Morgan fingerprint density at radius 1 is 1.56 bits per heavy atom. The minimum atomic E-state index is -0.890. The molecule has 100 valence electrons. The molecule has 6 heteroatoms. The molecule has 1 aliphatic heterocycles. The van der Waals surface area contributed by atoms with E-state index in [1.54, 1.807) is 13.0 Å². The van der Waals surface area contributed by atoms with Gasteiger partial charge < -0.3 is 10.6 Å². The number of amides is 4. The molecule has 1 aliphatic rings. The Balaban J connectivity index is 2.57. The van der Waals surface area contributed by atoms with E-state index in [1.165, 1.54) is 0 Å². The van der Waals surface area contributed by atoms with E-state index in [2.05, 4.69) is 17.2 Å². The number of rotatable bonds is 6. The predicted octanol–water partition coefficient (Wildman–Crippen LogP) is 0.399. The third kappa shape index (κ3) is 2.88. The fourth-order valence-electron chi connectivity index (χ4n) is 1.64. The van der Waals surface area contributed by atoms with Crippen LogP contribution in [-0.4, -0.2) is 41.4 Å². The first-order chi connectivity index (χ1) is 8.44. The van der Waals surface area contributed by atoms with Crippen molar-refractivity contribution in [3.05, 3.63) is 12.7 Å². The minimum Gasteiger partial charge on any atom is -0.354 e. The van der Waals surface area contributed by atoms with Gasteiger partial charge in [0.25, 0.3) is 5.91 Å². The molecule has 0 aromatic rings. The number of nitrogens with one attached hydrogen (secondary N) is 2. The second-order valence-corrected chi connectivity index (χ2v) is 4.43. The van der Waals surface area contributed by atoms with Crippen LogP contribution < -0.4 is 10.6 Å². The lowest BCUT2D eigenvalue weighted by atomic mass is 9.99. The van der Waals surface area contributed by atoms with Gasteiger partial charge in [0.2, 0.25) is 5.91 Å². The highest BCUT2D eigenvalue weighted by atomic mass is 16.2. The minimum absolute atomic E-state index is 0.239. The van der Waals surface area contributed by atoms with Gasteiger partial charge in [0.15, 0.2) is 0 Å². The summed E-state index contributed by atoms with van der Waals surface area (Å²) in [6, 6.07) is -0.511. The zero-order valence-corrected chi connectivity index (χ0v) is 10.8. The Bertz CT molecular complexity index is 381. The van der Waals surface area contributed by atoms with Crippen molar-refractivity contribution in [2.75, 3.05) is 13.1 Å². The summed E-state index contributed by atoms with van der Waals surface area (Å²) in [7, 11) is 0. The Hall–Kier alpha value is -1.85. The highest BCUT2D eigenvalue weighted by Crippen LogP contribution is 2.20. The maximum Gasteiger partial charge on any atom is 0.325 e. The molecule has 1 rings (SSSR count). The molecule has 4 amide bonds. The largest absolute Gasteiger partial charge is 0.354 e. The van der Waals surface area contributed by atoms with Crippen LogP contribution >= 0.6 is 0 Å². The van der Waals surface area contributed by atoms with Gasteiger partial charge in [-0.05, 0) is 19.8 Å². The van der Waals surface area contributed by atoms with Crippen LogP contribution in [-0.2, 0) is 9.59 Å². The van der Waals surface area contributed by atoms with Gasteiger partial charge in [0, 0.05) is 6.54 Å². The number of urea groups is 1. The van der Waals surface area contributed by atoms with Crippen molar-refractivity contribution < 1.29 is 14.4 Å². The van der Waals surface area contributed by atoms with Crippen molar-refractivity contribution in [2.24, 2.45) is 0 Å². The van der Waals surface area contributed by atoms with Crippen LogP contribution in [0, 0.1) is 0 Å². The summed E-state index contributed by atoms with van der Waals surface area (Å²) in [4.78, 5) is 36.1. The quantitative estimate of drug-likeness (QED) is 0.408. The summed E-state index contributed by atoms with van der Waals surface area (Å²) in [6.45, 7) is 7.22. The SMILES string of the molecule is C=CCCNC(=O)CN1C(=O)NC(C)(CC)C1=O. The molecule has 0 radical (unpaired) electrons. The molecule has 1 unspecified atom stereocenters. The van der Waals surface area contributed by atoms with E-state index in [0.717, 1.165) is 4.90 Å². The van der Waals surface area contributed by atoms with Crippen molar-refractivity contribution in [1.82, 2.24) is 15.5 Å². The number of hydrogen-bond donors (Lipinski definition) is 2. The van der Waals surface area contributed by atoms with Crippen LogP contribution in [0.2, 0.25) is 0 Å². The number of nitrogens with zero attached hydrogens (tertiary/aromatic N) is 1. The molecule has 18 heavy (non-hydrogen) atoms. The zero-order chi connectivity index (χ0) is 13.8. The monoisotopic (exact) mass is 253 g/mol. The second kappa shape index (κ2) is 5.66. The Morgan fingerprint density at radius 2 is 2.22 bits per heavy atom. The van der Waals surface area contributed by atoms with E-state index < -0.39 is 11.6 Å². The van der Waals surface area contributed by atoms with Crippen molar-refractivity contribution in [3.63, 3.8) is 0 Å². The van der Waals surface area contributed by atoms with Gasteiger partial charge in [-0.2, -0.15) is 0 Å². The van der Waals surface area contributed by atoms with E-state index in [4.69, 9.17) is 0 Å². The molecule has 0 aromatic heterocycles. The molecule has 1 saturated heterocycles. The highest BCUT2D eigenvalue weighted by molar-refractivity contribution is 6.08. The first-order valence-corrected chi connectivity index (χ1v) is 5.96. The molecule has 1 atom stereocenters.